The van der Waals surface area contributed by atoms with Crippen LogP contribution in [0.4, 0.5) is 0 Å². The summed E-state index contributed by atoms with van der Waals surface area (Å²) in [5.41, 5.74) is 0. The van der Waals surface area contributed by atoms with Gasteiger partial charge in [-0.25, -0.2) is 0 Å². The summed E-state index contributed by atoms with van der Waals surface area (Å²) in [6.07, 6.45) is 6.40. The number of nitrogens with zero attached hydrogens (tertiary/aromatic N) is 3. The van der Waals surface area contributed by atoms with Crippen molar-refractivity contribution in [2.75, 3.05) is 6.26 Å². The first-order chi connectivity index (χ1) is 5.76. The van der Waals surface area contributed by atoms with Gasteiger partial charge in [0.05, 0.1) is 0 Å². The lowest BCUT2D eigenvalue weighted by Gasteiger charge is -2.11. The van der Waals surface area contributed by atoms with Gasteiger partial charge in [0.2, 0.25) is 5.28 Å². The molecule has 0 spiro atoms. The molecule has 1 heterocycles. The summed E-state index contributed by atoms with van der Waals surface area (Å²) in [6, 6.07) is 0. The predicted molar refractivity (Wildman–Crippen MR) is 50.5 cm³/mol. The molecule has 66 valence electrons. The zero-order chi connectivity index (χ0) is 8.60. The van der Waals surface area contributed by atoms with E-state index in [-0.39, 0.29) is 0 Å². The van der Waals surface area contributed by atoms with Crippen LogP contribution in [0.1, 0.15) is 12.8 Å². The molecule has 5 heteroatoms. The highest BCUT2D eigenvalue weighted by molar-refractivity contribution is 8.00. The predicted octanol–water partition coefficient (Wildman–Crippen LogP) is 1.83. The summed E-state index contributed by atoms with van der Waals surface area (Å²) < 4.78 is 2.33. The Morgan fingerprint density at radius 3 is 2.92 bits per heavy atom. The number of rotatable bonds is 3. The summed E-state index contributed by atoms with van der Waals surface area (Å²) in [5, 5.41) is 7.97. The van der Waals surface area contributed by atoms with Crippen LogP contribution >= 0.6 is 23.4 Å². The number of hydrogen-bond donors (Lipinski definition) is 0. The summed E-state index contributed by atoms with van der Waals surface area (Å²) >= 11 is 7.72. The molecule has 2 rings (SSSR count). The molecule has 1 aromatic heterocycles. The molecule has 0 aliphatic heterocycles. The Hall–Kier alpha value is -0.220. The maximum Gasteiger partial charge on any atom is 0.224 e. The minimum absolute atomic E-state index is 0.423. The maximum atomic E-state index is 5.81. The third-order valence-electron chi connectivity index (χ3n) is 2.27. The van der Waals surface area contributed by atoms with Gasteiger partial charge in [0.1, 0.15) is 6.33 Å². The van der Waals surface area contributed by atoms with Crippen molar-refractivity contribution >= 4 is 23.4 Å². The van der Waals surface area contributed by atoms with E-state index in [4.69, 9.17) is 11.6 Å². The van der Waals surface area contributed by atoms with Gasteiger partial charge in [-0.2, -0.15) is 11.8 Å². The number of thioether (sulfide) groups is 1. The van der Waals surface area contributed by atoms with Gasteiger partial charge in [-0.05, 0) is 30.7 Å². The molecule has 0 aromatic carbocycles. The van der Waals surface area contributed by atoms with Crippen molar-refractivity contribution in [3.8, 4) is 0 Å². The fraction of sp³-hybridized carbons (Fsp3) is 0.714. The molecule has 1 saturated carbocycles. The molecule has 12 heavy (non-hydrogen) atoms. The van der Waals surface area contributed by atoms with Gasteiger partial charge in [-0.1, -0.05) is 0 Å². The summed E-state index contributed by atoms with van der Waals surface area (Å²) in [4.78, 5) is 0. The summed E-state index contributed by atoms with van der Waals surface area (Å²) in [7, 11) is 0. The first kappa shape index (κ1) is 8.38. The minimum atomic E-state index is 0.423. The molecular formula is C7H10ClN3S. The molecule has 1 aromatic rings. The molecule has 0 unspecified atom stereocenters. The zero-order valence-electron chi connectivity index (χ0n) is 6.83. The van der Waals surface area contributed by atoms with Crippen LogP contribution in [0.15, 0.2) is 6.33 Å². The lowest BCUT2D eigenvalue weighted by Crippen LogP contribution is -2.12. The van der Waals surface area contributed by atoms with Crippen LogP contribution in [0.2, 0.25) is 5.28 Å². The third-order valence-corrected chi connectivity index (χ3v) is 3.96. The van der Waals surface area contributed by atoms with Crippen molar-refractivity contribution in [3.63, 3.8) is 0 Å². The van der Waals surface area contributed by atoms with E-state index in [9.17, 15) is 0 Å². The SMILES string of the molecule is CSC1(Cn2cnnc2Cl)CC1. The average Bonchev–Trinajstić information content (AvgIpc) is 2.74. The van der Waals surface area contributed by atoms with E-state index in [1.54, 1.807) is 6.33 Å². The van der Waals surface area contributed by atoms with E-state index in [1.807, 2.05) is 16.3 Å². The average molecular weight is 204 g/mol. The van der Waals surface area contributed by atoms with Crippen LogP contribution in [0, 0.1) is 0 Å². The Balaban J connectivity index is 2.08. The van der Waals surface area contributed by atoms with Crippen LogP contribution in [0.25, 0.3) is 0 Å². The second-order valence-corrected chi connectivity index (χ2v) is 4.73. The van der Waals surface area contributed by atoms with Gasteiger partial charge in [0, 0.05) is 11.3 Å². The minimum Gasteiger partial charge on any atom is -0.303 e. The smallest absolute Gasteiger partial charge is 0.224 e. The van der Waals surface area contributed by atoms with Crippen molar-refractivity contribution in [1.29, 1.82) is 0 Å². The van der Waals surface area contributed by atoms with E-state index >= 15 is 0 Å². The quantitative estimate of drug-likeness (QED) is 0.751. The fourth-order valence-corrected chi connectivity index (χ4v) is 2.15. The van der Waals surface area contributed by atoms with Crippen molar-refractivity contribution < 1.29 is 0 Å². The van der Waals surface area contributed by atoms with Crippen molar-refractivity contribution in [3.05, 3.63) is 11.6 Å². The largest absolute Gasteiger partial charge is 0.303 e. The van der Waals surface area contributed by atoms with Crippen molar-refractivity contribution in [2.24, 2.45) is 0 Å². The van der Waals surface area contributed by atoms with Crippen LogP contribution < -0.4 is 0 Å². The topological polar surface area (TPSA) is 30.7 Å². The van der Waals surface area contributed by atoms with Gasteiger partial charge in [0.25, 0.3) is 0 Å². The molecule has 0 atom stereocenters. The molecule has 1 aliphatic rings. The Morgan fingerprint density at radius 1 is 1.75 bits per heavy atom. The fourth-order valence-electron chi connectivity index (χ4n) is 1.22. The number of halogens is 1. The van der Waals surface area contributed by atoms with E-state index < -0.39 is 0 Å². The molecule has 3 nitrogen and oxygen atoms in total. The number of hydrogen-bond acceptors (Lipinski definition) is 3. The summed E-state index contributed by atoms with van der Waals surface area (Å²) in [5.74, 6) is 0. The van der Waals surface area contributed by atoms with Gasteiger partial charge in [0.15, 0.2) is 0 Å². The molecule has 0 saturated heterocycles. The highest BCUT2D eigenvalue weighted by Gasteiger charge is 2.42. The van der Waals surface area contributed by atoms with Crippen LogP contribution in [-0.4, -0.2) is 25.8 Å². The second-order valence-electron chi connectivity index (χ2n) is 3.12. The third kappa shape index (κ3) is 1.45. The highest BCUT2D eigenvalue weighted by atomic mass is 35.5. The Labute approximate surface area is 80.5 Å². The number of aromatic nitrogens is 3. The molecule has 0 bridgehead atoms. The van der Waals surface area contributed by atoms with Crippen LogP contribution in [-0.2, 0) is 6.54 Å². The first-order valence-electron chi connectivity index (χ1n) is 3.84. The zero-order valence-corrected chi connectivity index (χ0v) is 8.40. The lowest BCUT2D eigenvalue weighted by atomic mass is 10.4. The molecule has 1 fully saturated rings. The molecular weight excluding hydrogens is 194 g/mol. The van der Waals surface area contributed by atoms with Gasteiger partial charge < -0.3 is 4.57 Å². The van der Waals surface area contributed by atoms with Gasteiger partial charge in [-0.15, -0.1) is 10.2 Å². The highest BCUT2D eigenvalue weighted by Crippen LogP contribution is 2.48. The Morgan fingerprint density at radius 2 is 2.50 bits per heavy atom. The van der Waals surface area contributed by atoms with Gasteiger partial charge >= 0.3 is 0 Å². The summed E-state index contributed by atoms with van der Waals surface area (Å²) in [6.45, 7) is 0.944. The Kier molecular flexibility index (Phi) is 2.04. The first-order valence-corrected chi connectivity index (χ1v) is 5.44. The molecule has 0 N–H and O–H groups in total. The van der Waals surface area contributed by atoms with Crippen LogP contribution in [0.3, 0.4) is 0 Å². The molecule has 0 radical (unpaired) electrons. The van der Waals surface area contributed by atoms with E-state index in [1.165, 1.54) is 12.8 Å². The van der Waals surface area contributed by atoms with E-state index in [0.29, 0.717) is 10.0 Å². The van der Waals surface area contributed by atoms with Crippen molar-refractivity contribution in [1.82, 2.24) is 14.8 Å². The molecule has 0 amide bonds. The molecule has 1 aliphatic carbocycles. The maximum absolute atomic E-state index is 5.81. The second kappa shape index (κ2) is 2.92. The van der Waals surface area contributed by atoms with E-state index in [2.05, 4.69) is 16.5 Å². The standard InChI is InChI=1S/C7H10ClN3S/c1-12-7(2-3-7)4-11-5-9-10-6(11)8/h5H,2-4H2,1H3. The lowest BCUT2D eigenvalue weighted by molar-refractivity contribution is 0.659. The normalized spacial score (nSPS) is 19.5. The van der Waals surface area contributed by atoms with Crippen molar-refractivity contribution in [2.45, 2.75) is 24.1 Å². The Bertz CT molecular complexity index is 282. The van der Waals surface area contributed by atoms with Crippen LogP contribution in [0.5, 0.6) is 0 Å². The monoisotopic (exact) mass is 203 g/mol. The van der Waals surface area contributed by atoms with E-state index in [0.717, 1.165) is 6.54 Å². The van der Waals surface area contributed by atoms with Gasteiger partial charge in [-0.3, -0.25) is 0 Å².